The fourth-order valence-corrected chi connectivity index (χ4v) is 10.1. The molecule has 7 aromatic carbocycles. The molecule has 0 fully saturated rings. The normalized spacial score (nSPS) is 13.3. The summed E-state index contributed by atoms with van der Waals surface area (Å²) in [6.45, 7) is 9.79. The molecule has 4 aliphatic rings. The van der Waals surface area contributed by atoms with Crippen LogP contribution in [0.3, 0.4) is 0 Å². The molecule has 1 N–H and O–H groups in total. The van der Waals surface area contributed by atoms with Crippen LogP contribution in [0.2, 0.25) is 0 Å². The van der Waals surface area contributed by atoms with Gasteiger partial charge in [0.05, 0.1) is 5.56 Å². The zero-order valence-electron chi connectivity index (χ0n) is 32.1. The van der Waals surface area contributed by atoms with E-state index < -0.39 is 5.97 Å². The van der Waals surface area contributed by atoms with E-state index >= 15 is 0 Å². The molecule has 5 nitrogen and oxygen atoms in total. The van der Waals surface area contributed by atoms with Crippen molar-refractivity contribution in [1.29, 1.82) is 0 Å². The minimum Gasteiger partial charge on any atom is -0.478 e. The fourth-order valence-electron chi connectivity index (χ4n) is 10.1. The Kier molecular flexibility index (Phi) is 7.22. The molecular weight excluding hydrogens is 700 g/mol. The zero-order valence-corrected chi connectivity index (χ0v) is 32.1. The number of para-hydroxylation sites is 1. The lowest BCUT2D eigenvalue weighted by Gasteiger charge is -2.43. The van der Waals surface area contributed by atoms with Gasteiger partial charge in [0, 0.05) is 17.1 Å². The zero-order chi connectivity index (χ0) is 38.9. The first-order chi connectivity index (χ1) is 27.7. The Hall–Kier alpha value is -6.59. The van der Waals surface area contributed by atoms with Gasteiger partial charge >= 0.3 is 5.97 Å². The van der Waals surface area contributed by atoms with E-state index in [0.29, 0.717) is 24.1 Å². The smallest absolute Gasteiger partial charge is 0.335 e. The largest absolute Gasteiger partial charge is 0.478 e. The monoisotopic (exact) mass is 737 g/mol. The lowest BCUT2D eigenvalue weighted by molar-refractivity contribution is -0.120. The maximum atomic E-state index is 11.6. The van der Waals surface area contributed by atoms with Crippen LogP contribution in [0.15, 0.2) is 127 Å². The number of rotatable bonds is 7. The van der Waals surface area contributed by atoms with Crippen LogP contribution in [0.25, 0.3) is 44.5 Å². The lowest BCUT2D eigenvalue weighted by atomic mass is 9.32. The summed E-state index contributed by atoms with van der Waals surface area (Å²) in [7, 11) is 0. The standard InChI is InChI=1S/C50H37B2NO4/c1-27(2)34-22-39-37-20-32(29-8-10-31(11-9-29)50(55)56)14-18-41(37)51-43-6-5-7-44-49(43)53(45(24-34)47(39)51)46-25-35(28(3)4)23-40-38-21-33(15-19-42(38)52(44)48(40)46)30-12-16-36(17-13-30)57-26-54/h5-28H,1-4H3,(H,55,56). The van der Waals surface area contributed by atoms with Gasteiger partial charge in [0.1, 0.15) is 5.75 Å². The quantitative estimate of drug-likeness (QED) is 0.135. The number of fused-ring (bicyclic) bond motifs is 10. The summed E-state index contributed by atoms with van der Waals surface area (Å²) >= 11 is 0. The molecule has 0 bridgehead atoms. The van der Waals surface area contributed by atoms with Crippen LogP contribution >= 0.6 is 0 Å². The summed E-state index contributed by atoms with van der Waals surface area (Å²) in [6, 6.07) is 45.4. The van der Waals surface area contributed by atoms with Gasteiger partial charge in [-0.2, -0.15) is 0 Å². The summed E-state index contributed by atoms with van der Waals surface area (Å²) < 4.78 is 5.09. The summed E-state index contributed by atoms with van der Waals surface area (Å²) in [5, 5.41) is 9.53. The number of hydrogen-bond donors (Lipinski definition) is 1. The average Bonchev–Trinajstić information content (AvgIpc) is 3.74. The third-order valence-electron chi connectivity index (χ3n) is 12.8. The first-order valence-corrected chi connectivity index (χ1v) is 19.8. The number of carbonyl (C=O) groups is 2. The minimum atomic E-state index is -0.918. The van der Waals surface area contributed by atoms with Crippen molar-refractivity contribution in [3.63, 3.8) is 0 Å². The van der Waals surface area contributed by atoms with Gasteiger partial charge < -0.3 is 14.7 Å². The SMILES string of the molecule is CC(C)c1cc2c3c(c1)N1c4cc(C(C)C)cc5c4B(c4ccc(-c6ccc(C(=O)O)cc6)cc4-5)c4cccc(c41)B3c1ccc(-c3ccc(OC=O)cc3)cc1-2. The van der Waals surface area contributed by atoms with Gasteiger partial charge in [0.15, 0.2) is 0 Å². The summed E-state index contributed by atoms with van der Waals surface area (Å²) in [6.07, 6.45) is 0. The van der Waals surface area contributed by atoms with E-state index in [0.717, 1.165) is 22.3 Å². The summed E-state index contributed by atoms with van der Waals surface area (Å²) in [5.41, 5.74) is 24.2. The van der Waals surface area contributed by atoms with Gasteiger partial charge in [-0.15, -0.1) is 0 Å². The molecule has 0 spiro atoms. The van der Waals surface area contributed by atoms with E-state index in [9.17, 15) is 14.7 Å². The molecule has 4 aliphatic heterocycles. The highest BCUT2D eigenvalue weighted by molar-refractivity contribution is 7.05. The number of nitrogens with zero attached hydrogens (tertiary/aromatic N) is 1. The van der Waals surface area contributed by atoms with Crippen LogP contribution in [0.5, 0.6) is 5.75 Å². The second kappa shape index (κ2) is 12.2. The Morgan fingerprint density at radius 2 is 1.05 bits per heavy atom. The van der Waals surface area contributed by atoms with Crippen molar-refractivity contribution < 1.29 is 19.4 Å². The first kappa shape index (κ1) is 33.7. The van der Waals surface area contributed by atoms with Crippen molar-refractivity contribution in [3.8, 4) is 50.3 Å². The molecule has 7 heteroatoms. The molecule has 0 amide bonds. The predicted molar refractivity (Wildman–Crippen MR) is 234 cm³/mol. The third-order valence-corrected chi connectivity index (χ3v) is 12.8. The van der Waals surface area contributed by atoms with Crippen LogP contribution < -0.4 is 42.4 Å². The molecule has 0 atom stereocenters. The maximum Gasteiger partial charge on any atom is 0.335 e. The van der Waals surface area contributed by atoms with Crippen molar-refractivity contribution in [2.24, 2.45) is 0 Å². The van der Waals surface area contributed by atoms with Crippen LogP contribution in [0.4, 0.5) is 17.1 Å². The molecule has 0 radical (unpaired) electrons. The number of ether oxygens (including phenoxy) is 1. The van der Waals surface area contributed by atoms with Gasteiger partial charge in [-0.1, -0.05) is 117 Å². The molecule has 7 aromatic rings. The van der Waals surface area contributed by atoms with Gasteiger partial charge in [-0.25, -0.2) is 4.79 Å². The van der Waals surface area contributed by atoms with E-state index in [-0.39, 0.29) is 19.0 Å². The van der Waals surface area contributed by atoms with Crippen LogP contribution in [-0.2, 0) is 4.79 Å². The Morgan fingerprint density at radius 3 is 1.51 bits per heavy atom. The van der Waals surface area contributed by atoms with Gasteiger partial charge in [0.2, 0.25) is 13.4 Å². The second-order valence-corrected chi connectivity index (χ2v) is 16.5. The van der Waals surface area contributed by atoms with Crippen LogP contribution in [0.1, 0.15) is 61.0 Å². The molecule has 57 heavy (non-hydrogen) atoms. The number of carboxylic acids is 1. The molecule has 0 saturated carbocycles. The van der Waals surface area contributed by atoms with Gasteiger partial charge in [0.25, 0.3) is 6.47 Å². The average molecular weight is 737 g/mol. The summed E-state index contributed by atoms with van der Waals surface area (Å²) in [4.78, 5) is 25.2. The Bertz CT molecular complexity index is 2900. The molecule has 11 rings (SSSR count). The van der Waals surface area contributed by atoms with Crippen molar-refractivity contribution in [1.82, 2.24) is 0 Å². The van der Waals surface area contributed by atoms with E-state index in [1.54, 1.807) is 12.1 Å². The number of hydrogen-bond acceptors (Lipinski definition) is 4. The number of carboxylic acid groups (broad SMARTS) is 1. The molecule has 0 aliphatic carbocycles. The number of carbonyl (C=O) groups excluding carboxylic acids is 1. The van der Waals surface area contributed by atoms with E-state index in [1.165, 1.54) is 83.2 Å². The number of aromatic carboxylic acids is 1. The molecule has 0 unspecified atom stereocenters. The van der Waals surface area contributed by atoms with Crippen molar-refractivity contribution in [3.05, 3.63) is 144 Å². The van der Waals surface area contributed by atoms with Gasteiger partial charge in [-0.05, 0) is 138 Å². The minimum absolute atomic E-state index is 0.0876. The van der Waals surface area contributed by atoms with E-state index in [2.05, 4.69) is 111 Å². The predicted octanol–water partition coefficient (Wildman–Crippen LogP) is 7.59. The molecule has 4 heterocycles. The van der Waals surface area contributed by atoms with Crippen LogP contribution in [0, 0.1) is 0 Å². The van der Waals surface area contributed by atoms with Crippen molar-refractivity contribution >= 4 is 75.7 Å². The van der Waals surface area contributed by atoms with E-state index in [4.69, 9.17) is 4.74 Å². The van der Waals surface area contributed by atoms with Crippen LogP contribution in [-0.4, -0.2) is 31.0 Å². The first-order valence-electron chi connectivity index (χ1n) is 19.8. The topological polar surface area (TPSA) is 66.8 Å². The second-order valence-electron chi connectivity index (χ2n) is 16.5. The summed E-state index contributed by atoms with van der Waals surface area (Å²) in [5.74, 6) is 0.264. The Labute approximate surface area is 332 Å². The van der Waals surface area contributed by atoms with Crippen molar-refractivity contribution in [2.45, 2.75) is 39.5 Å². The molecule has 0 aromatic heterocycles. The third kappa shape index (κ3) is 4.78. The Morgan fingerprint density at radius 1 is 0.579 bits per heavy atom. The highest BCUT2D eigenvalue weighted by Crippen LogP contribution is 2.46. The molecule has 0 saturated heterocycles. The fraction of sp³-hybridized carbons (Fsp3) is 0.120. The number of benzene rings is 7. The molecular formula is C50H37B2NO4. The van der Waals surface area contributed by atoms with Crippen molar-refractivity contribution in [2.75, 3.05) is 4.90 Å². The lowest BCUT2D eigenvalue weighted by Crippen LogP contribution is -2.63. The molecule has 272 valence electrons. The highest BCUT2D eigenvalue weighted by atomic mass is 16.5. The Balaban J connectivity index is 1.14. The number of anilines is 3. The van der Waals surface area contributed by atoms with E-state index in [1.807, 2.05) is 36.4 Å². The van der Waals surface area contributed by atoms with Gasteiger partial charge in [-0.3, -0.25) is 4.79 Å². The maximum absolute atomic E-state index is 11.6. The highest BCUT2D eigenvalue weighted by Gasteiger charge is 2.50.